The van der Waals surface area contributed by atoms with Crippen LogP contribution in [0.25, 0.3) is 21.8 Å². The van der Waals surface area contributed by atoms with E-state index in [1.165, 1.54) is 11.6 Å². The molecule has 0 fully saturated rings. The Morgan fingerprint density at radius 1 is 0.833 bits per heavy atom. The quantitative estimate of drug-likeness (QED) is 0.282. The standard InChI is InChI=1S/C17H14F5N2/c1-5-8-7(3)23-16-13(20)10-9(14(21)17(16)24(8)4)6(2)11(18)15(22)12(10)19/h5H2,1-4H3/q+1. The van der Waals surface area contributed by atoms with Gasteiger partial charge in [-0.25, -0.2) is 22.5 Å². The first-order chi connectivity index (χ1) is 11.2. The Balaban J connectivity index is 2.73. The molecule has 3 aromatic rings. The molecular weight excluding hydrogens is 327 g/mol. The van der Waals surface area contributed by atoms with Crippen LogP contribution in [0.4, 0.5) is 22.0 Å². The van der Waals surface area contributed by atoms with Crippen LogP contribution in [-0.2, 0) is 13.5 Å². The topological polar surface area (TPSA) is 16.8 Å². The van der Waals surface area contributed by atoms with Crippen LogP contribution in [0.1, 0.15) is 23.9 Å². The lowest BCUT2D eigenvalue weighted by Crippen LogP contribution is -2.37. The first-order valence-electron chi connectivity index (χ1n) is 7.35. The Bertz CT molecular complexity index is 1030. The molecule has 0 atom stereocenters. The number of benzene rings is 2. The van der Waals surface area contributed by atoms with E-state index in [1.54, 1.807) is 6.92 Å². The van der Waals surface area contributed by atoms with Crippen molar-refractivity contribution in [1.29, 1.82) is 0 Å². The average molecular weight is 341 g/mol. The minimum absolute atomic E-state index is 0.212. The largest absolute Gasteiger partial charge is 0.270 e. The molecule has 2 nitrogen and oxygen atoms in total. The lowest BCUT2D eigenvalue weighted by atomic mass is 10.0. The summed E-state index contributed by atoms with van der Waals surface area (Å²) in [6.07, 6.45) is 0.509. The second kappa shape index (κ2) is 5.36. The van der Waals surface area contributed by atoms with Crippen LogP contribution in [0.2, 0.25) is 0 Å². The van der Waals surface area contributed by atoms with Crippen molar-refractivity contribution in [2.75, 3.05) is 0 Å². The SMILES string of the molecule is CCc1c(C)nc2c(F)c3c(F)c(F)c(F)c(C)c3c(F)c2[n+]1C. The van der Waals surface area contributed by atoms with E-state index in [2.05, 4.69) is 4.98 Å². The molecule has 0 saturated heterocycles. The first kappa shape index (κ1) is 16.5. The van der Waals surface area contributed by atoms with Gasteiger partial charge < -0.3 is 0 Å². The maximum Gasteiger partial charge on any atom is 0.270 e. The minimum atomic E-state index is -1.83. The van der Waals surface area contributed by atoms with Crippen molar-refractivity contribution in [1.82, 2.24) is 4.98 Å². The lowest BCUT2D eigenvalue weighted by molar-refractivity contribution is -0.654. The van der Waals surface area contributed by atoms with E-state index in [4.69, 9.17) is 0 Å². The van der Waals surface area contributed by atoms with E-state index in [0.29, 0.717) is 17.8 Å². The third kappa shape index (κ3) is 1.93. The normalized spacial score (nSPS) is 11.7. The highest BCUT2D eigenvalue weighted by Gasteiger charge is 2.31. The van der Waals surface area contributed by atoms with Gasteiger partial charge in [-0.05, 0) is 19.4 Å². The van der Waals surface area contributed by atoms with Gasteiger partial charge in [-0.2, -0.15) is 8.96 Å². The third-order valence-electron chi connectivity index (χ3n) is 4.41. The molecule has 0 aliphatic carbocycles. The molecule has 0 radical (unpaired) electrons. The molecule has 0 unspecified atom stereocenters. The molecule has 0 saturated carbocycles. The van der Waals surface area contributed by atoms with Gasteiger partial charge in [0.2, 0.25) is 11.5 Å². The van der Waals surface area contributed by atoms with E-state index in [-0.39, 0.29) is 5.52 Å². The molecule has 3 rings (SSSR count). The Morgan fingerprint density at radius 3 is 2.04 bits per heavy atom. The summed E-state index contributed by atoms with van der Waals surface area (Å²) in [5, 5.41) is -1.53. The Kier molecular flexibility index (Phi) is 3.69. The molecule has 7 heteroatoms. The predicted molar refractivity (Wildman–Crippen MR) is 79.1 cm³/mol. The minimum Gasteiger partial charge on any atom is -0.237 e. The average Bonchev–Trinajstić information content (AvgIpc) is 2.53. The highest BCUT2D eigenvalue weighted by atomic mass is 19.2. The van der Waals surface area contributed by atoms with Crippen LogP contribution in [0.3, 0.4) is 0 Å². The lowest BCUT2D eigenvalue weighted by Gasteiger charge is -2.12. The maximum atomic E-state index is 15.0. The van der Waals surface area contributed by atoms with Crippen molar-refractivity contribution in [3.05, 3.63) is 46.0 Å². The van der Waals surface area contributed by atoms with Crippen molar-refractivity contribution in [3.8, 4) is 0 Å². The second-order valence-corrected chi connectivity index (χ2v) is 5.70. The van der Waals surface area contributed by atoms with Gasteiger partial charge in [0.1, 0.15) is 12.7 Å². The zero-order valence-corrected chi connectivity index (χ0v) is 13.5. The van der Waals surface area contributed by atoms with Crippen molar-refractivity contribution < 1.29 is 26.5 Å². The fourth-order valence-electron chi connectivity index (χ4n) is 3.21. The van der Waals surface area contributed by atoms with Crippen LogP contribution in [0, 0.1) is 42.9 Å². The summed E-state index contributed by atoms with van der Waals surface area (Å²) in [6.45, 7) is 4.52. The summed E-state index contributed by atoms with van der Waals surface area (Å²) < 4.78 is 72.8. The van der Waals surface area contributed by atoms with E-state index in [0.717, 1.165) is 6.92 Å². The third-order valence-corrected chi connectivity index (χ3v) is 4.41. The Hall–Kier alpha value is -2.31. The van der Waals surface area contributed by atoms with Crippen molar-refractivity contribution in [2.24, 2.45) is 7.05 Å². The number of hydrogen-bond donors (Lipinski definition) is 0. The van der Waals surface area contributed by atoms with Gasteiger partial charge in [0.15, 0.2) is 28.8 Å². The summed E-state index contributed by atoms with van der Waals surface area (Å²) >= 11 is 0. The number of hydrogen-bond acceptors (Lipinski definition) is 1. The highest BCUT2D eigenvalue weighted by Crippen LogP contribution is 2.35. The van der Waals surface area contributed by atoms with Gasteiger partial charge >= 0.3 is 0 Å². The maximum absolute atomic E-state index is 15.0. The van der Waals surface area contributed by atoms with Crippen molar-refractivity contribution >= 4 is 21.8 Å². The van der Waals surface area contributed by atoms with Crippen LogP contribution < -0.4 is 4.57 Å². The molecule has 24 heavy (non-hydrogen) atoms. The van der Waals surface area contributed by atoms with Crippen molar-refractivity contribution in [3.63, 3.8) is 0 Å². The molecular formula is C17H14F5N2+. The predicted octanol–water partition coefficient (Wildman–Crippen LogP) is 4.09. The van der Waals surface area contributed by atoms with E-state index in [9.17, 15) is 17.6 Å². The fourth-order valence-corrected chi connectivity index (χ4v) is 3.21. The summed E-state index contributed by atoms with van der Waals surface area (Å²) in [6, 6.07) is 0. The molecule has 0 bridgehead atoms. The molecule has 1 heterocycles. The van der Waals surface area contributed by atoms with Crippen molar-refractivity contribution in [2.45, 2.75) is 27.2 Å². The first-order valence-corrected chi connectivity index (χ1v) is 7.35. The molecule has 0 amide bonds. The second-order valence-electron chi connectivity index (χ2n) is 5.70. The number of nitrogens with zero attached hydrogens (tertiary/aromatic N) is 2. The van der Waals surface area contributed by atoms with Gasteiger partial charge in [-0.15, -0.1) is 0 Å². The number of aryl methyl sites for hydroxylation is 3. The number of fused-ring (bicyclic) bond motifs is 2. The molecule has 0 aliphatic heterocycles. The van der Waals surface area contributed by atoms with Gasteiger partial charge in [-0.1, -0.05) is 6.92 Å². The molecule has 0 aliphatic rings. The van der Waals surface area contributed by atoms with Gasteiger partial charge in [0.25, 0.3) is 5.52 Å². The smallest absolute Gasteiger partial charge is 0.237 e. The summed E-state index contributed by atoms with van der Waals surface area (Å²) in [4.78, 5) is 4.02. The molecule has 0 spiro atoms. The van der Waals surface area contributed by atoms with Crippen LogP contribution in [0.15, 0.2) is 0 Å². The highest BCUT2D eigenvalue weighted by molar-refractivity contribution is 5.97. The van der Waals surface area contributed by atoms with E-state index < -0.39 is 50.9 Å². The zero-order valence-electron chi connectivity index (χ0n) is 13.5. The summed E-state index contributed by atoms with van der Waals surface area (Å²) in [5.41, 5.74) is -0.0102. The molecule has 2 aromatic carbocycles. The van der Waals surface area contributed by atoms with Crippen LogP contribution in [-0.4, -0.2) is 4.98 Å². The van der Waals surface area contributed by atoms with Gasteiger partial charge in [-0.3, -0.25) is 0 Å². The number of rotatable bonds is 1. The van der Waals surface area contributed by atoms with E-state index >= 15 is 4.39 Å². The molecule has 0 N–H and O–H groups in total. The summed E-state index contributed by atoms with van der Waals surface area (Å²) in [5.74, 6) is -7.35. The monoisotopic (exact) mass is 341 g/mol. The van der Waals surface area contributed by atoms with Crippen LogP contribution >= 0.6 is 0 Å². The van der Waals surface area contributed by atoms with Gasteiger partial charge in [0.05, 0.1) is 5.39 Å². The number of aromatic nitrogens is 2. The summed E-state index contributed by atoms with van der Waals surface area (Å²) in [7, 11) is 1.52. The van der Waals surface area contributed by atoms with Gasteiger partial charge in [0, 0.05) is 11.8 Å². The van der Waals surface area contributed by atoms with E-state index in [1.807, 2.05) is 6.92 Å². The van der Waals surface area contributed by atoms with Crippen LogP contribution in [0.5, 0.6) is 0 Å². The fraction of sp³-hybridized carbons (Fsp3) is 0.294. The number of halogens is 5. The molecule has 126 valence electrons. The Labute approximate surface area is 134 Å². The zero-order chi connectivity index (χ0) is 17.9. The Morgan fingerprint density at radius 2 is 1.46 bits per heavy atom. The molecule has 1 aromatic heterocycles.